The predicted octanol–water partition coefficient (Wildman–Crippen LogP) is 9.07. The van der Waals surface area contributed by atoms with Gasteiger partial charge in [-0.05, 0) is 97.2 Å². The molecule has 2 fully saturated rings. The molecule has 4 aromatic carbocycles. The molecule has 2 aliphatic rings. The number of anilines is 2. The molecule has 10 rings (SSSR count). The topological polar surface area (TPSA) is 149 Å². The van der Waals surface area contributed by atoms with Crippen molar-refractivity contribution in [3.63, 3.8) is 0 Å². The van der Waals surface area contributed by atoms with Crippen LogP contribution in [0.5, 0.6) is 0 Å². The Kier molecular flexibility index (Phi) is 10.9. The van der Waals surface area contributed by atoms with Crippen molar-refractivity contribution in [2.45, 2.75) is 38.5 Å². The Morgan fingerprint density at radius 2 is 0.950 bits per heavy atom. The van der Waals surface area contributed by atoms with Crippen molar-refractivity contribution < 1.29 is 5.21 Å². The number of nitriles is 1. The van der Waals surface area contributed by atoms with Gasteiger partial charge in [0.05, 0.1) is 24.0 Å². The summed E-state index contributed by atoms with van der Waals surface area (Å²) in [6, 6.07) is 34.5. The molecule has 0 unspecified atom stereocenters. The first-order valence-corrected chi connectivity index (χ1v) is 20.5. The zero-order chi connectivity index (χ0) is 40.8. The number of hydrogen-bond donors (Lipinski definition) is 2. The van der Waals surface area contributed by atoms with Crippen molar-refractivity contribution in [1.82, 2.24) is 29.2 Å². The number of amidine groups is 1. The Morgan fingerprint density at radius 3 is 1.37 bits per heavy atom. The molecular weight excluding hydrogens is 747 g/mol. The molecule has 0 aliphatic carbocycles. The minimum atomic E-state index is 0.0838. The van der Waals surface area contributed by atoms with E-state index in [1.807, 2.05) is 90.2 Å². The Balaban J connectivity index is 0.000000154. The van der Waals surface area contributed by atoms with Gasteiger partial charge < -0.3 is 20.7 Å². The van der Waals surface area contributed by atoms with E-state index in [0.29, 0.717) is 11.1 Å². The molecule has 298 valence electrons. The van der Waals surface area contributed by atoms with Crippen molar-refractivity contribution in [2.75, 3.05) is 36.0 Å². The van der Waals surface area contributed by atoms with Gasteiger partial charge in [0.15, 0.2) is 17.1 Å². The molecule has 3 N–H and O–H groups in total. The van der Waals surface area contributed by atoms with Gasteiger partial charge >= 0.3 is 0 Å². The van der Waals surface area contributed by atoms with E-state index >= 15 is 0 Å². The highest BCUT2D eigenvalue weighted by atomic mass is 16.4. The summed E-state index contributed by atoms with van der Waals surface area (Å²) >= 11 is 0. The zero-order valence-electron chi connectivity index (χ0n) is 33.3. The molecule has 4 aromatic heterocycles. The average Bonchev–Trinajstić information content (AvgIpc) is 3.96. The highest BCUT2D eigenvalue weighted by molar-refractivity contribution is 5.97. The first kappa shape index (κ1) is 38.0. The van der Waals surface area contributed by atoms with Crippen LogP contribution in [0.15, 0.2) is 139 Å². The van der Waals surface area contributed by atoms with Crippen molar-refractivity contribution >= 4 is 28.5 Å². The Labute approximate surface area is 348 Å². The molecule has 6 heterocycles. The second-order valence-electron chi connectivity index (χ2n) is 15.3. The second-order valence-corrected chi connectivity index (χ2v) is 15.3. The first-order chi connectivity index (χ1) is 29.5. The number of fused-ring (bicyclic) bond motifs is 2. The van der Waals surface area contributed by atoms with E-state index in [-0.39, 0.29) is 5.84 Å². The summed E-state index contributed by atoms with van der Waals surface area (Å²) in [6.07, 6.45) is 19.2. The van der Waals surface area contributed by atoms with Crippen LogP contribution in [0.2, 0.25) is 0 Å². The summed E-state index contributed by atoms with van der Waals surface area (Å²) < 4.78 is 3.63. The lowest BCUT2D eigenvalue weighted by atomic mass is 10.1. The molecular formula is C48H45N11O. The van der Waals surface area contributed by atoms with Gasteiger partial charge in [-0.3, -0.25) is 0 Å². The molecule has 0 atom stereocenters. The van der Waals surface area contributed by atoms with Crippen molar-refractivity contribution in [3.05, 3.63) is 145 Å². The van der Waals surface area contributed by atoms with Crippen molar-refractivity contribution in [2.24, 2.45) is 10.9 Å². The molecule has 12 heteroatoms. The molecule has 2 saturated heterocycles. The highest BCUT2D eigenvalue weighted by Gasteiger charge is 2.15. The predicted molar refractivity (Wildman–Crippen MR) is 237 cm³/mol. The molecule has 8 aromatic rings. The van der Waals surface area contributed by atoms with Gasteiger partial charge in [-0.25, -0.2) is 19.0 Å². The lowest BCUT2D eigenvalue weighted by Gasteiger charge is -2.28. The third kappa shape index (κ3) is 7.98. The summed E-state index contributed by atoms with van der Waals surface area (Å²) in [5, 5.41) is 29.8. The van der Waals surface area contributed by atoms with Gasteiger partial charge in [-0.2, -0.15) is 15.5 Å². The van der Waals surface area contributed by atoms with Crippen LogP contribution in [-0.4, -0.2) is 66.4 Å². The van der Waals surface area contributed by atoms with Gasteiger partial charge in [-0.1, -0.05) is 65.8 Å². The minimum absolute atomic E-state index is 0.0838. The summed E-state index contributed by atoms with van der Waals surface area (Å²) in [6.45, 7) is 4.59. The average molecular weight is 792 g/mol. The zero-order valence-corrected chi connectivity index (χ0v) is 33.3. The number of rotatable bonds is 7. The first-order valence-electron chi connectivity index (χ1n) is 20.5. The smallest absolute Gasteiger partial charge is 0.170 e. The number of oxime groups is 1. The quantitative estimate of drug-likeness (QED) is 0.0698. The fraction of sp³-hybridized carbons (Fsp3) is 0.208. The standard InChI is InChI=1S/C24H24N6O.C24H21N5/c25-23(28-31)19-6-4-18(5-7-19)22-15-27-30-16-20(14-26-24(22)30)17-8-10-21(11-9-17)29-12-2-1-3-13-29;25-14-18-4-6-20(7-5-18)23-16-27-29-17-21(15-26-24(23)29)19-8-10-22(11-9-19)28-12-2-1-3-13-28/h4-11,14-16,31H,1-3,12-13H2,(H2,25,28);4-11,15-17H,1-3,12-13H2. The molecule has 12 nitrogen and oxygen atoms in total. The van der Waals surface area contributed by atoms with E-state index in [9.17, 15) is 0 Å². The Bertz CT molecular complexity index is 2790. The Hall–Kier alpha value is -7.52. The molecule has 0 saturated carbocycles. The molecule has 0 bridgehead atoms. The minimum Gasteiger partial charge on any atom is -0.409 e. The van der Waals surface area contributed by atoms with E-state index in [1.54, 1.807) is 4.52 Å². The van der Waals surface area contributed by atoms with E-state index in [4.69, 9.17) is 16.2 Å². The van der Waals surface area contributed by atoms with Crippen molar-refractivity contribution in [1.29, 1.82) is 5.26 Å². The molecule has 2 aliphatic heterocycles. The Morgan fingerprint density at radius 1 is 0.533 bits per heavy atom. The largest absolute Gasteiger partial charge is 0.409 e. The number of nitrogens with two attached hydrogens (primary N) is 1. The third-order valence-electron chi connectivity index (χ3n) is 11.5. The van der Waals surface area contributed by atoms with Crippen LogP contribution in [0.3, 0.4) is 0 Å². The summed E-state index contributed by atoms with van der Waals surface area (Å²) in [5.74, 6) is 0.0838. The number of aromatic nitrogens is 6. The van der Waals surface area contributed by atoms with Crippen LogP contribution in [0, 0.1) is 11.3 Å². The maximum atomic E-state index is 8.98. The fourth-order valence-electron chi connectivity index (χ4n) is 8.09. The van der Waals surface area contributed by atoms with Crippen LogP contribution >= 0.6 is 0 Å². The number of piperidine rings is 2. The third-order valence-corrected chi connectivity index (χ3v) is 11.5. The maximum Gasteiger partial charge on any atom is 0.170 e. The van der Waals surface area contributed by atoms with Crippen LogP contribution in [-0.2, 0) is 0 Å². The van der Waals surface area contributed by atoms with E-state index in [2.05, 4.69) is 89.7 Å². The van der Waals surface area contributed by atoms with E-state index in [0.717, 1.165) is 82.0 Å². The van der Waals surface area contributed by atoms with Crippen molar-refractivity contribution in [3.8, 4) is 50.6 Å². The highest BCUT2D eigenvalue weighted by Crippen LogP contribution is 2.30. The maximum absolute atomic E-state index is 8.98. The number of hydrogen-bond acceptors (Lipinski definition) is 9. The lowest BCUT2D eigenvalue weighted by molar-refractivity contribution is 0.318. The van der Waals surface area contributed by atoms with Crippen LogP contribution in [0.4, 0.5) is 11.4 Å². The second kappa shape index (κ2) is 17.1. The van der Waals surface area contributed by atoms with Gasteiger partial charge in [0.1, 0.15) is 0 Å². The molecule has 60 heavy (non-hydrogen) atoms. The van der Waals surface area contributed by atoms with Gasteiger partial charge in [0, 0.05) is 90.2 Å². The van der Waals surface area contributed by atoms with Gasteiger partial charge in [-0.15, -0.1) is 0 Å². The lowest BCUT2D eigenvalue weighted by Crippen LogP contribution is -2.29. The van der Waals surface area contributed by atoms with E-state index < -0.39 is 0 Å². The van der Waals surface area contributed by atoms with Crippen LogP contribution in [0.1, 0.15) is 49.7 Å². The van der Waals surface area contributed by atoms with Crippen LogP contribution in [0.25, 0.3) is 55.8 Å². The van der Waals surface area contributed by atoms with E-state index in [1.165, 1.54) is 49.9 Å². The van der Waals surface area contributed by atoms with Gasteiger partial charge in [0.25, 0.3) is 0 Å². The van der Waals surface area contributed by atoms with Crippen LogP contribution < -0.4 is 15.5 Å². The monoisotopic (exact) mass is 791 g/mol. The summed E-state index contributed by atoms with van der Waals surface area (Å²) in [5.41, 5.74) is 19.3. The fourth-order valence-corrected chi connectivity index (χ4v) is 8.09. The molecule has 0 spiro atoms. The summed E-state index contributed by atoms with van der Waals surface area (Å²) in [4.78, 5) is 14.3. The molecule has 0 amide bonds. The SMILES string of the molecule is N#Cc1ccc(-c2cnn3cc(-c4ccc(N5CCCCC5)cc4)cnc23)cc1.N/C(=N/O)c1ccc(-c2cnn3cc(-c4ccc(N5CCCCC5)cc4)cnc23)cc1. The molecule has 0 radical (unpaired) electrons. The number of nitrogens with zero attached hydrogens (tertiary/aromatic N) is 10. The van der Waals surface area contributed by atoms with Gasteiger partial charge in [0.2, 0.25) is 0 Å². The number of benzene rings is 4. The normalized spacial score (nSPS) is 14.5. The summed E-state index contributed by atoms with van der Waals surface area (Å²) in [7, 11) is 0.